The van der Waals surface area contributed by atoms with Gasteiger partial charge in [-0.05, 0) is 35.7 Å². The van der Waals surface area contributed by atoms with Crippen LogP contribution in [0.3, 0.4) is 0 Å². The fourth-order valence-corrected chi connectivity index (χ4v) is 4.17. The molecule has 0 aliphatic carbocycles. The van der Waals surface area contributed by atoms with Crippen LogP contribution < -0.4 is 10.5 Å². The van der Waals surface area contributed by atoms with E-state index in [2.05, 4.69) is 30.9 Å². The van der Waals surface area contributed by atoms with Gasteiger partial charge in [0.15, 0.2) is 21.7 Å². The normalized spacial score (nSPS) is 14.4. The second-order valence-corrected chi connectivity index (χ2v) is 9.89. The first-order valence-corrected chi connectivity index (χ1v) is 11.9. The van der Waals surface area contributed by atoms with Crippen LogP contribution in [-0.2, 0) is 25.1 Å². The zero-order chi connectivity index (χ0) is 22.5. The Hall–Kier alpha value is -1.30. The third kappa shape index (κ3) is 6.60. The minimum absolute atomic E-state index is 0.0664. The summed E-state index contributed by atoms with van der Waals surface area (Å²) in [5, 5.41) is 0. The molecule has 0 saturated carbocycles. The van der Waals surface area contributed by atoms with E-state index in [-0.39, 0.29) is 31.0 Å². The Balaban J connectivity index is 2.03. The third-order valence-electron chi connectivity index (χ3n) is 4.56. The maximum absolute atomic E-state index is 12.3. The number of anilines is 1. The van der Waals surface area contributed by atoms with E-state index in [4.69, 9.17) is 24.5 Å². The topological polar surface area (TPSA) is 144 Å². The van der Waals surface area contributed by atoms with Crippen LogP contribution in [0.1, 0.15) is 27.7 Å². The van der Waals surface area contributed by atoms with Crippen LogP contribution in [0.4, 0.5) is 5.82 Å². The van der Waals surface area contributed by atoms with Crippen LogP contribution in [-0.4, -0.2) is 63.3 Å². The van der Waals surface area contributed by atoms with E-state index in [0.29, 0.717) is 29.0 Å². The molecule has 0 fully saturated rings. The Morgan fingerprint density at radius 3 is 2.57 bits per heavy atom. The molecule has 0 aromatic carbocycles. The maximum Gasteiger partial charge on any atom is 0.354 e. The molecule has 0 aliphatic heterocycles. The van der Waals surface area contributed by atoms with Crippen LogP contribution in [0.2, 0.25) is 0 Å². The van der Waals surface area contributed by atoms with Crippen molar-refractivity contribution in [1.29, 1.82) is 0 Å². The highest BCUT2D eigenvalue weighted by Gasteiger charge is 2.33. The number of halogens is 1. The highest BCUT2D eigenvalue weighted by molar-refractivity contribution is 9.10. The summed E-state index contributed by atoms with van der Waals surface area (Å²) in [6, 6.07) is 0.107. The zero-order valence-electron chi connectivity index (χ0n) is 17.8. The second-order valence-electron chi connectivity index (χ2n) is 7.46. The minimum Gasteiger partial charge on any atom is -0.461 e. The molecule has 0 amide bonds. The Kier molecular flexibility index (Phi) is 8.60. The molecule has 0 spiro atoms. The average Bonchev–Trinajstić information content (AvgIpc) is 2.94. The van der Waals surface area contributed by atoms with E-state index in [9.17, 15) is 9.46 Å². The van der Waals surface area contributed by atoms with Gasteiger partial charge in [0.1, 0.15) is 13.0 Å². The third-order valence-corrected chi connectivity index (χ3v) is 6.43. The Morgan fingerprint density at radius 2 is 1.93 bits per heavy atom. The van der Waals surface area contributed by atoms with Gasteiger partial charge in [-0.25, -0.2) is 4.98 Å². The molecule has 0 saturated heterocycles. The number of rotatable bonds is 12. The van der Waals surface area contributed by atoms with Crippen molar-refractivity contribution in [3.63, 3.8) is 0 Å². The first-order chi connectivity index (χ1) is 14.0. The summed E-state index contributed by atoms with van der Waals surface area (Å²) in [5.74, 6) is 0.244. The summed E-state index contributed by atoms with van der Waals surface area (Å²) in [6.07, 6.45) is -0.421. The monoisotopic (exact) mass is 509 g/mol. The van der Waals surface area contributed by atoms with Crippen LogP contribution in [0.5, 0.6) is 6.01 Å². The van der Waals surface area contributed by atoms with E-state index in [0.717, 1.165) is 0 Å². The first-order valence-electron chi connectivity index (χ1n) is 9.38. The number of hydrogen-bond donors (Lipinski definition) is 2. The van der Waals surface area contributed by atoms with Crippen molar-refractivity contribution in [2.75, 3.05) is 39.0 Å². The molecule has 1 atom stereocenters. The van der Waals surface area contributed by atoms with Crippen molar-refractivity contribution in [1.82, 2.24) is 19.5 Å². The van der Waals surface area contributed by atoms with E-state index in [1.165, 1.54) is 0 Å². The number of imidazole rings is 1. The van der Waals surface area contributed by atoms with Gasteiger partial charge >= 0.3 is 13.6 Å². The summed E-state index contributed by atoms with van der Waals surface area (Å²) < 4.78 is 35.7. The first kappa shape index (κ1) is 25.0. The van der Waals surface area contributed by atoms with Crippen molar-refractivity contribution in [3.05, 3.63) is 4.73 Å². The number of hydrogen-bond acceptors (Lipinski definition) is 9. The Bertz CT molecular complexity index is 906. The highest BCUT2D eigenvalue weighted by Crippen LogP contribution is 2.47. The molecule has 0 radical (unpaired) electrons. The van der Waals surface area contributed by atoms with Gasteiger partial charge in [-0.1, -0.05) is 13.8 Å². The number of nitrogens with zero attached hydrogens (tertiary/aromatic N) is 4. The molecular formula is C17H29BrN5O6P. The Labute approximate surface area is 183 Å². The predicted octanol–water partition coefficient (Wildman–Crippen LogP) is 2.81. The Morgan fingerprint density at radius 1 is 1.23 bits per heavy atom. The second kappa shape index (κ2) is 10.3. The van der Waals surface area contributed by atoms with Crippen LogP contribution in [0, 0.1) is 5.92 Å². The largest absolute Gasteiger partial charge is 0.461 e. The average molecular weight is 510 g/mol. The van der Waals surface area contributed by atoms with E-state index in [1.807, 2.05) is 13.8 Å². The summed E-state index contributed by atoms with van der Waals surface area (Å²) in [7, 11) is -2.34. The van der Waals surface area contributed by atoms with Crippen molar-refractivity contribution >= 4 is 40.5 Å². The predicted molar refractivity (Wildman–Crippen MR) is 115 cm³/mol. The van der Waals surface area contributed by atoms with Gasteiger partial charge < -0.3 is 33.9 Å². The van der Waals surface area contributed by atoms with E-state index >= 15 is 0 Å². The summed E-state index contributed by atoms with van der Waals surface area (Å²) in [4.78, 5) is 22.8. The molecule has 2 aromatic rings. The molecule has 2 aromatic heterocycles. The number of nitrogens with two attached hydrogens (primary N) is 1. The van der Waals surface area contributed by atoms with Crippen LogP contribution >= 0.6 is 23.5 Å². The molecule has 11 nitrogen and oxygen atoms in total. The van der Waals surface area contributed by atoms with Gasteiger partial charge in [0.25, 0.3) is 0 Å². The lowest BCUT2D eigenvalue weighted by Crippen LogP contribution is -2.30. The molecule has 30 heavy (non-hydrogen) atoms. The fourth-order valence-electron chi connectivity index (χ4n) is 2.29. The standard InChI is InChI=1S/C17H29BrN5O6P/c1-11(2)17(3,4)29-30(24,25)10-27-7-6-23-14-12(20-15(23)18)13(19)21-16(22-14)28-9-8-26-5/h11H,6-10H2,1-5H3,(H,24,25)(H2,19,21,22). The molecule has 2 rings (SSSR count). The van der Waals surface area contributed by atoms with Crippen LogP contribution in [0.25, 0.3) is 11.2 Å². The lowest BCUT2D eigenvalue weighted by Gasteiger charge is -2.31. The van der Waals surface area contributed by atoms with Gasteiger partial charge in [-0.3, -0.25) is 4.57 Å². The van der Waals surface area contributed by atoms with E-state index in [1.54, 1.807) is 25.5 Å². The number of ether oxygens (including phenoxy) is 3. The molecule has 13 heteroatoms. The number of methoxy groups -OCH3 is 1. The quantitative estimate of drug-likeness (QED) is 0.249. The van der Waals surface area contributed by atoms with Crippen LogP contribution in [0.15, 0.2) is 4.73 Å². The zero-order valence-corrected chi connectivity index (χ0v) is 20.3. The number of nitrogen functional groups attached to an aromatic ring is 1. The molecular weight excluding hydrogens is 481 g/mol. The summed E-state index contributed by atoms with van der Waals surface area (Å²) in [6.45, 7) is 8.47. The molecule has 0 aliphatic rings. The SMILES string of the molecule is COCCOc1nc(N)c2nc(Br)n(CCOCP(=O)(O)OC(C)(C)C(C)C)c2n1. The molecule has 170 valence electrons. The molecule has 0 bridgehead atoms. The summed E-state index contributed by atoms with van der Waals surface area (Å²) >= 11 is 3.36. The number of fused-ring (bicyclic) bond motifs is 1. The van der Waals surface area contributed by atoms with Crippen molar-refractivity contribution in [2.24, 2.45) is 5.92 Å². The highest BCUT2D eigenvalue weighted by atomic mass is 79.9. The lowest BCUT2D eigenvalue weighted by atomic mass is 9.95. The fraction of sp³-hybridized carbons (Fsp3) is 0.706. The van der Waals surface area contributed by atoms with Gasteiger partial charge in [0.2, 0.25) is 0 Å². The smallest absolute Gasteiger partial charge is 0.354 e. The van der Waals surface area contributed by atoms with Gasteiger partial charge in [-0.2, -0.15) is 9.97 Å². The van der Waals surface area contributed by atoms with Crippen molar-refractivity contribution in [3.8, 4) is 6.01 Å². The maximum atomic E-state index is 12.3. The molecule has 3 N–H and O–H groups in total. The van der Waals surface area contributed by atoms with Gasteiger partial charge in [0.05, 0.1) is 25.4 Å². The van der Waals surface area contributed by atoms with E-state index < -0.39 is 19.5 Å². The molecule has 1 unspecified atom stereocenters. The van der Waals surface area contributed by atoms with Crippen molar-refractivity contribution < 1.29 is 28.2 Å². The van der Waals surface area contributed by atoms with Gasteiger partial charge in [0, 0.05) is 7.11 Å². The minimum atomic E-state index is -3.90. The number of aromatic nitrogens is 4. The van der Waals surface area contributed by atoms with Crippen molar-refractivity contribution in [2.45, 2.75) is 39.8 Å². The van der Waals surface area contributed by atoms with Gasteiger partial charge in [-0.15, -0.1) is 0 Å². The summed E-state index contributed by atoms with van der Waals surface area (Å²) in [5.41, 5.74) is 6.08. The lowest BCUT2D eigenvalue weighted by molar-refractivity contribution is 0.0350. The molecule has 2 heterocycles.